The zero-order chi connectivity index (χ0) is 18.2. The highest BCUT2D eigenvalue weighted by molar-refractivity contribution is 5.75. The van der Waals surface area contributed by atoms with Gasteiger partial charge in [0.1, 0.15) is 0 Å². The predicted octanol–water partition coefficient (Wildman–Crippen LogP) is 2.97. The minimum absolute atomic E-state index is 0.0449. The molecule has 3 aliphatic heterocycles. The largest absolute Gasteiger partial charge is 0.390 e. The van der Waals surface area contributed by atoms with Crippen molar-refractivity contribution in [3.05, 3.63) is 0 Å². The molecule has 1 N–H and O–H groups in total. The number of carbonyl (C=O) groups excluding carboxylic acids is 1. The number of halogens is 3. The highest BCUT2D eigenvalue weighted by Crippen LogP contribution is 2.54. The smallest absolute Gasteiger partial charge is 0.370 e. The molecule has 3 rings (SSSR count). The van der Waals surface area contributed by atoms with Crippen molar-refractivity contribution in [3.63, 3.8) is 0 Å². The number of rotatable bonds is 7. The monoisotopic (exact) mass is 362 g/mol. The van der Waals surface area contributed by atoms with E-state index in [4.69, 9.17) is 4.74 Å². The lowest BCUT2D eigenvalue weighted by molar-refractivity contribution is -0.138. The third kappa shape index (κ3) is 4.30. The van der Waals surface area contributed by atoms with Gasteiger partial charge in [-0.25, -0.2) is 0 Å². The van der Waals surface area contributed by atoms with Crippen LogP contribution in [0.1, 0.15) is 46.0 Å². The van der Waals surface area contributed by atoms with Gasteiger partial charge in [0.25, 0.3) is 0 Å². The summed E-state index contributed by atoms with van der Waals surface area (Å²) in [6.45, 7) is 6.06. The van der Waals surface area contributed by atoms with Gasteiger partial charge in [0.15, 0.2) is 0 Å². The summed E-state index contributed by atoms with van der Waals surface area (Å²) < 4.78 is 43.7. The van der Waals surface area contributed by atoms with Crippen molar-refractivity contribution < 1.29 is 22.7 Å². The second kappa shape index (κ2) is 7.06. The Morgan fingerprint density at radius 3 is 2.84 bits per heavy atom. The Kier molecular flexibility index (Phi) is 5.36. The van der Waals surface area contributed by atoms with Gasteiger partial charge in [0.2, 0.25) is 5.91 Å². The summed E-state index contributed by atoms with van der Waals surface area (Å²) in [6, 6.07) is 0. The fraction of sp³-hybridized carbons (Fsp3) is 0.944. The van der Waals surface area contributed by atoms with Crippen molar-refractivity contribution >= 4 is 5.91 Å². The van der Waals surface area contributed by atoms with Gasteiger partial charge in [-0.15, -0.1) is 0 Å². The van der Waals surface area contributed by atoms with Crippen LogP contribution in [0.3, 0.4) is 0 Å². The van der Waals surface area contributed by atoms with Crippen LogP contribution in [-0.4, -0.2) is 54.9 Å². The number of hydrogen-bond acceptors (Lipinski definition) is 3. The Labute approximate surface area is 147 Å². The van der Waals surface area contributed by atoms with Gasteiger partial charge in [0.05, 0.1) is 18.1 Å². The fourth-order valence-electron chi connectivity index (χ4n) is 4.75. The van der Waals surface area contributed by atoms with Crippen molar-refractivity contribution in [2.24, 2.45) is 17.8 Å². The lowest BCUT2D eigenvalue weighted by Gasteiger charge is -2.29. The van der Waals surface area contributed by atoms with Gasteiger partial charge in [-0.2, -0.15) is 13.2 Å². The molecule has 2 bridgehead atoms. The van der Waals surface area contributed by atoms with E-state index in [1.54, 1.807) is 0 Å². The summed E-state index contributed by atoms with van der Waals surface area (Å²) in [4.78, 5) is 13.9. The summed E-state index contributed by atoms with van der Waals surface area (Å²) in [6.07, 6.45) is -1.44. The molecular weight excluding hydrogens is 333 g/mol. The number of hydrogen-bond donors (Lipinski definition) is 1. The predicted molar refractivity (Wildman–Crippen MR) is 88.0 cm³/mol. The first-order chi connectivity index (χ1) is 11.7. The summed E-state index contributed by atoms with van der Waals surface area (Å²) in [7, 11) is 0. The molecule has 1 spiro atoms. The van der Waals surface area contributed by atoms with Crippen LogP contribution < -0.4 is 5.32 Å². The second-order valence-corrected chi connectivity index (χ2v) is 8.37. The molecule has 4 atom stereocenters. The van der Waals surface area contributed by atoms with E-state index < -0.39 is 12.6 Å². The minimum Gasteiger partial charge on any atom is -0.370 e. The summed E-state index contributed by atoms with van der Waals surface area (Å²) in [5.41, 5.74) is -0.274. The number of carbonyl (C=O) groups is 1. The normalized spacial score (nSPS) is 34.7. The lowest BCUT2D eigenvalue weighted by Crippen LogP contribution is -2.41. The summed E-state index contributed by atoms with van der Waals surface area (Å²) >= 11 is 0. The number of alkyl halides is 3. The van der Waals surface area contributed by atoms with Crippen LogP contribution in [0.15, 0.2) is 0 Å². The van der Waals surface area contributed by atoms with Crippen LogP contribution in [0.25, 0.3) is 0 Å². The average molecular weight is 362 g/mol. The van der Waals surface area contributed by atoms with E-state index in [1.807, 2.05) is 4.90 Å². The highest BCUT2D eigenvalue weighted by Gasteiger charge is 2.62. The molecule has 0 aromatic carbocycles. The number of nitrogens with one attached hydrogen (secondary N) is 1. The van der Waals surface area contributed by atoms with E-state index >= 15 is 0 Å². The molecule has 0 aromatic rings. The van der Waals surface area contributed by atoms with E-state index in [-0.39, 0.29) is 36.0 Å². The maximum atomic E-state index is 12.5. The topological polar surface area (TPSA) is 41.6 Å². The number of fused-ring (bicyclic) bond motifs is 1. The zero-order valence-corrected chi connectivity index (χ0v) is 15.1. The Balaban J connectivity index is 1.52. The SMILES string of the molecule is CC(C)CCC(=O)NC[C@H]1[C@H]2CN(CCC(F)(F)F)C[C@]23CC[C@H]1O3. The van der Waals surface area contributed by atoms with Crippen LogP contribution in [0, 0.1) is 17.8 Å². The molecule has 0 saturated carbocycles. The molecule has 3 saturated heterocycles. The van der Waals surface area contributed by atoms with Crippen LogP contribution in [-0.2, 0) is 9.53 Å². The van der Waals surface area contributed by atoms with E-state index in [2.05, 4.69) is 19.2 Å². The molecule has 0 radical (unpaired) electrons. The molecule has 0 aromatic heterocycles. The maximum Gasteiger partial charge on any atom is 0.390 e. The number of likely N-dealkylation sites (tertiary alicyclic amines) is 1. The third-order valence-electron chi connectivity index (χ3n) is 6.05. The molecule has 4 nitrogen and oxygen atoms in total. The van der Waals surface area contributed by atoms with Crippen molar-refractivity contribution in [2.75, 3.05) is 26.2 Å². The van der Waals surface area contributed by atoms with Gasteiger partial charge in [-0.1, -0.05) is 13.8 Å². The quantitative estimate of drug-likeness (QED) is 0.757. The zero-order valence-electron chi connectivity index (χ0n) is 15.1. The molecule has 0 aliphatic carbocycles. The second-order valence-electron chi connectivity index (χ2n) is 8.37. The molecule has 25 heavy (non-hydrogen) atoms. The first-order valence-electron chi connectivity index (χ1n) is 9.42. The van der Waals surface area contributed by atoms with Gasteiger partial charge in [0, 0.05) is 44.4 Å². The van der Waals surface area contributed by atoms with E-state index in [0.29, 0.717) is 32.0 Å². The van der Waals surface area contributed by atoms with Crippen molar-refractivity contribution in [2.45, 2.75) is 63.8 Å². The Bertz CT molecular complexity index is 497. The van der Waals surface area contributed by atoms with E-state index in [0.717, 1.165) is 19.3 Å². The number of amides is 1. The van der Waals surface area contributed by atoms with Crippen molar-refractivity contribution in [1.82, 2.24) is 10.2 Å². The molecule has 144 valence electrons. The molecule has 3 aliphatic rings. The average Bonchev–Trinajstić information content (AvgIpc) is 3.15. The fourth-order valence-corrected chi connectivity index (χ4v) is 4.75. The number of ether oxygens (including phenoxy) is 1. The van der Waals surface area contributed by atoms with E-state index in [1.165, 1.54) is 0 Å². The van der Waals surface area contributed by atoms with Gasteiger partial charge in [-0.3, -0.25) is 9.69 Å². The summed E-state index contributed by atoms with van der Waals surface area (Å²) in [5.74, 6) is 1.03. The number of nitrogens with zero attached hydrogens (tertiary/aromatic N) is 1. The first-order valence-corrected chi connectivity index (χ1v) is 9.42. The summed E-state index contributed by atoms with van der Waals surface area (Å²) in [5, 5.41) is 3.03. The van der Waals surface area contributed by atoms with Crippen molar-refractivity contribution in [1.29, 1.82) is 0 Å². The van der Waals surface area contributed by atoms with Crippen LogP contribution in [0.5, 0.6) is 0 Å². The van der Waals surface area contributed by atoms with Gasteiger partial charge in [-0.05, 0) is 25.2 Å². The van der Waals surface area contributed by atoms with Gasteiger partial charge >= 0.3 is 6.18 Å². The first kappa shape index (κ1) is 19.0. The molecule has 7 heteroatoms. The minimum atomic E-state index is -4.11. The van der Waals surface area contributed by atoms with Crippen LogP contribution in [0.4, 0.5) is 13.2 Å². The van der Waals surface area contributed by atoms with Crippen LogP contribution >= 0.6 is 0 Å². The Hall–Kier alpha value is -0.820. The molecule has 3 heterocycles. The standard InChI is InChI=1S/C18H29F3N2O2/c1-12(2)3-4-16(24)22-9-13-14-10-23(8-7-18(19,20)21)11-17(14)6-5-15(13)25-17/h12-15H,3-11H2,1-2H3,(H,22,24)/t13-,14+,15+,17+/m0/s1. The lowest BCUT2D eigenvalue weighted by atomic mass is 9.73. The van der Waals surface area contributed by atoms with Crippen molar-refractivity contribution in [3.8, 4) is 0 Å². The molecule has 1 amide bonds. The van der Waals surface area contributed by atoms with Gasteiger partial charge < -0.3 is 10.1 Å². The third-order valence-corrected chi connectivity index (χ3v) is 6.05. The van der Waals surface area contributed by atoms with Crippen LogP contribution in [0.2, 0.25) is 0 Å². The molecule has 0 unspecified atom stereocenters. The Morgan fingerprint density at radius 1 is 1.40 bits per heavy atom. The molecular formula is C18H29F3N2O2. The highest BCUT2D eigenvalue weighted by atomic mass is 19.4. The Morgan fingerprint density at radius 2 is 2.16 bits per heavy atom. The molecule has 3 fully saturated rings. The van der Waals surface area contributed by atoms with E-state index in [9.17, 15) is 18.0 Å². The maximum absolute atomic E-state index is 12.5.